The van der Waals surface area contributed by atoms with E-state index in [1.165, 1.54) is 6.07 Å². The lowest BCUT2D eigenvalue weighted by Gasteiger charge is -2.36. The van der Waals surface area contributed by atoms with Crippen LogP contribution in [-0.2, 0) is 11.3 Å². The first-order valence-electron chi connectivity index (χ1n) is 6.85. The average molecular weight is 296 g/mol. The Morgan fingerprint density at radius 3 is 2.67 bits per heavy atom. The molecule has 1 aromatic rings. The summed E-state index contributed by atoms with van der Waals surface area (Å²) in [5, 5.41) is 30.6. The quantitative estimate of drug-likeness (QED) is 0.623. The molecular formula is C14H20N2O5. The summed E-state index contributed by atoms with van der Waals surface area (Å²) >= 11 is 0. The largest absolute Gasteiger partial charge is 0.391 e. The number of ether oxygens (including phenoxy) is 1. The Labute approximate surface area is 122 Å². The maximum atomic E-state index is 10.9. The van der Waals surface area contributed by atoms with Crippen molar-refractivity contribution in [2.24, 2.45) is 0 Å². The van der Waals surface area contributed by atoms with Crippen LogP contribution < -0.4 is 4.90 Å². The van der Waals surface area contributed by atoms with Crippen LogP contribution in [0.3, 0.4) is 0 Å². The summed E-state index contributed by atoms with van der Waals surface area (Å²) in [5.74, 6) is 0. The lowest BCUT2D eigenvalue weighted by Crippen LogP contribution is -2.45. The van der Waals surface area contributed by atoms with Gasteiger partial charge < -0.3 is 19.8 Å². The molecule has 1 aromatic carbocycles. The molecule has 116 valence electrons. The van der Waals surface area contributed by atoms with Crippen molar-refractivity contribution >= 4 is 11.4 Å². The molecule has 0 amide bonds. The topological polar surface area (TPSA) is 96.1 Å². The molecule has 7 nitrogen and oxygen atoms in total. The Hall–Kier alpha value is -1.70. The Balaban J connectivity index is 2.15. The van der Waals surface area contributed by atoms with E-state index in [1.807, 2.05) is 11.9 Å². The Kier molecular flexibility index (Phi) is 4.76. The molecule has 0 radical (unpaired) electrons. The van der Waals surface area contributed by atoms with Gasteiger partial charge in [-0.2, -0.15) is 0 Å². The van der Waals surface area contributed by atoms with Gasteiger partial charge in [0, 0.05) is 51.4 Å². The standard InChI is InChI=1S/C14H20N2O5/c1-15(10-14(18)4-6-21-7-5-14)12-2-3-13(16(19)20)11(8-12)9-17/h2-3,8,17-18H,4-7,9-10H2,1H3. The van der Waals surface area contributed by atoms with Crippen LogP contribution in [0.15, 0.2) is 18.2 Å². The molecule has 1 heterocycles. The van der Waals surface area contributed by atoms with Gasteiger partial charge in [0.15, 0.2) is 0 Å². The smallest absolute Gasteiger partial charge is 0.275 e. The highest BCUT2D eigenvalue weighted by atomic mass is 16.6. The minimum atomic E-state index is -0.811. The molecule has 1 saturated heterocycles. The molecule has 0 unspecified atom stereocenters. The van der Waals surface area contributed by atoms with Crippen LogP contribution in [0.5, 0.6) is 0 Å². The molecule has 1 aliphatic heterocycles. The Bertz CT molecular complexity index is 514. The third kappa shape index (κ3) is 3.69. The minimum Gasteiger partial charge on any atom is -0.391 e. The van der Waals surface area contributed by atoms with Crippen LogP contribution in [0.1, 0.15) is 18.4 Å². The van der Waals surface area contributed by atoms with E-state index >= 15 is 0 Å². The lowest BCUT2D eigenvalue weighted by atomic mass is 9.93. The van der Waals surface area contributed by atoms with Crippen molar-refractivity contribution in [1.82, 2.24) is 0 Å². The fourth-order valence-electron chi connectivity index (χ4n) is 2.56. The molecule has 2 N–H and O–H groups in total. The number of aliphatic hydroxyl groups is 2. The number of nitrogens with zero attached hydrogens (tertiary/aromatic N) is 2. The second kappa shape index (κ2) is 6.38. The second-order valence-electron chi connectivity index (χ2n) is 5.42. The first-order chi connectivity index (χ1) is 9.95. The minimum absolute atomic E-state index is 0.0978. The Morgan fingerprint density at radius 2 is 2.10 bits per heavy atom. The van der Waals surface area contributed by atoms with E-state index in [0.717, 1.165) is 5.69 Å². The molecule has 7 heteroatoms. The fourth-order valence-corrected chi connectivity index (χ4v) is 2.56. The fraction of sp³-hybridized carbons (Fsp3) is 0.571. The molecule has 0 atom stereocenters. The SMILES string of the molecule is CN(CC1(O)CCOCC1)c1ccc([N+](=O)[O-])c(CO)c1. The highest BCUT2D eigenvalue weighted by Crippen LogP contribution is 2.27. The molecule has 0 aliphatic carbocycles. The summed E-state index contributed by atoms with van der Waals surface area (Å²) < 4.78 is 5.24. The van der Waals surface area contributed by atoms with Crippen LogP contribution in [0, 0.1) is 10.1 Å². The van der Waals surface area contributed by atoms with Crippen LogP contribution >= 0.6 is 0 Å². The normalized spacial score (nSPS) is 17.5. The van der Waals surface area contributed by atoms with Gasteiger partial charge in [0.25, 0.3) is 5.69 Å². The zero-order valence-electron chi connectivity index (χ0n) is 12.0. The lowest BCUT2D eigenvalue weighted by molar-refractivity contribution is -0.385. The van der Waals surface area contributed by atoms with Crippen molar-refractivity contribution in [2.45, 2.75) is 25.0 Å². The molecule has 1 fully saturated rings. The first kappa shape index (κ1) is 15.7. The summed E-state index contributed by atoms with van der Waals surface area (Å²) in [6.07, 6.45) is 1.13. The van der Waals surface area contributed by atoms with E-state index in [1.54, 1.807) is 12.1 Å². The molecule has 0 spiro atoms. The van der Waals surface area contributed by atoms with E-state index in [4.69, 9.17) is 4.74 Å². The summed E-state index contributed by atoms with van der Waals surface area (Å²) in [6.45, 7) is 1.09. The molecule has 0 bridgehead atoms. The third-order valence-electron chi connectivity index (χ3n) is 3.83. The van der Waals surface area contributed by atoms with Gasteiger partial charge >= 0.3 is 0 Å². The predicted molar refractivity (Wildman–Crippen MR) is 77.3 cm³/mol. The van der Waals surface area contributed by atoms with Gasteiger partial charge in [0.2, 0.25) is 0 Å². The molecule has 1 aliphatic rings. The van der Waals surface area contributed by atoms with Crippen LogP contribution in [0.2, 0.25) is 0 Å². The maximum absolute atomic E-state index is 10.9. The van der Waals surface area contributed by atoms with Gasteiger partial charge in [-0.15, -0.1) is 0 Å². The molecular weight excluding hydrogens is 276 g/mol. The van der Waals surface area contributed by atoms with Crippen molar-refractivity contribution < 1.29 is 19.9 Å². The predicted octanol–water partition coefficient (Wildman–Crippen LogP) is 1.06. The number of rotatable bonds is 5. The number of likely N-dealkylation sites (N-methyl/N-ethyl adjacent to an activating group) is 1. The van der Waals surface area contributed by atoms with Crippen LogP contribution in [0.4, 0.5) is 11.4 Å². The summed E-state index contributed by atoms with van der Waals surface area (Å²) in [4.78, 5) is 12.2. The average Bonchev–Trinajstić information content (AvgIpc) is 2.46. The first-order valence-corrected chi connectivity index (χ1v) is 6.85. The molecule has 2 rings (SSSR count). The van der Waals surface area contributed by atoms with Crippen molar-refractivity contribution in [3.63, 3.8) is 0 Å². The molecule has 21 heavy (non-hydrogen) atoms. The highest BCUT2D eigenvalue weighted by Gasteiger charge is 2.31. The van der Waals surface area contributed by atoms with Gasteiger partial charge in [-0.3, -0.25) is 10.1 Å². The molecule has 0 saturated carbocycles. The third-order valence-corrected chi connectivity index (χ3v) is 3.83. The zero-order chi connectivity index (χ0) is 15.5. The van der Waals surface area contributed by atoms with Crippen molar-refractivity contribution in [2.75, 3.05) is 31.7 Å². The van der Waals surface area contributed by atoms with E-state index < -0.39 is 17.1 Å². The number of hydrogen-bond acceptors (Lipinski definition) is 6. The van der Waals surface area contributed by atoms with Crippen molar-refractivity contribution in [1.29, 1.82) is 0 Å². The van der Waals surface area contributed by atoms with Crippen LogP contribution in [-0.4, -0.2) is 47.5 Å². The van der Waals surface area contributed by atoms with Gasteiger partial charge in [0.05, 0.1) is 22.7 Å². The zero-order valence-corrected chi connectivity index (χ0v) is 12.0. The Morgan fingerprint density at radius 1 is 1.43 bits per heavy atom. The van der Waals surface area contributed by atoms with E-state index in [9.17, 15) is 20.3 Å². The number of nitro groups is 1. The number of anilines is 1. The number of aliphatic hydroxyl groups excluding tert-OH is 1. The number of hydrogen-bond donors (Lipinski definition) is 2. The number of nitro benzene ring substituents is 1. The summed E-state index contributed by atoms with van der Waals surface area (Å²) in [7, 11) is 1.82. The van der Waals surface area contributed by atoms with Gasteiger partial charge in [-0.25, -0.2) is 0 Å². The van der Waals surface area contributed by atoms with Crippen LogP contribution in [0.25, 0.3) is 0 Å². The maximum Gasteiger partial charge on any atom is 0.275 e. The summed E-state index contributed by atoms with van der Waals surface area (Å²) in [6, 6.07) is 4.59. The molecule has 0 aromatic heterocycles. The van der Waals surface area contributed by atoms with Crippen molar-refractivity contribution in [3.05, 3.63) is 33.9 Å². The van der Waals surface area contributed by atoms with Gasteiger partial charge in [-0.1, -0.05) is 0 Å². The van der Waals surface area contributed by atoms with Crippen molar-refractivity contribution in [3.8, 4) is 0 Å². The van der Waals surface area contributed by atoms with Gasteiger partial charge in [-0.05, 0) is 12.1 Å². The van der Waals surface area contributed by atoms with E-state index in [-0.39, 0.29) is 11.3 Å². The highest BCUT2D eigenvalue weighted by molar-refractivity contribution is 5.55. The summed E-state index contributed by atoms with van der Waals surface area (Å²) in [5.41, 5.74) is 0.0843. The van der Waals surface area contributed by atoms with E-state index in [0.29, 0.717) is 32.6 Å². The second-order valence-corrected chi connectivity index (χ2v) is 5.42. The van der Waals surface area contributed by atoms with Gasteiger partial charge in [0.1, 0.15) is 0 Å². The van der Waals surface area contributed by atoms with E-state index in [2.05, 4.69) is 0 Å². The monoisotopic (exact) mass is 296 g/mol. The number of benzene rings is 1.